The van der Waals surface area contributed by atoms with Crippen LogP contribution < -0.4 is 5.32 Å². The number of amides is 2. The predicted octanol–water partition coefficient (Wildman–Crippen LogP) is 3.51. The molecule has 0 aliphatic carbocycles. The summed E-state index contributed by atoms with van der Waals surface area (Å²) in [5.74, 6) is -2.01. The Morgan fingerprint density at radius 1 is 1.07 bits per heavy atom. The summed E-state index contributed by atoms with van der Waals surface area (Å²) in [4.78, 5) is 38.5. The lowest BCUT2D eigenvalue weighted by Gasteiger charge is -2.16. The van der Waals surface area contributed by atoms with Crippen LogP contribution in [-0.4, -0.2) is 42.4 Å². The highest BCUT2D eigenvalue weighted by molar-refractivity contribution is 6.31. The van der Waals surface area contributed by atoms with Gasteiger partial charge in [0, 0.05) is 23.7 Å². The molecule has 0 saturated carbocycles. The molecule has 0 bridgehead atoms. The van der Waals surface area contributed by atoms with Crippen LogP contribution >= 0.6 is 11.6 Å². The van der Waals surface area contributed by atoms with Gasteiger partial charge < -0.3 is 15.0 Å². The van der Waals surface area contributed by atoms with Crippen molar-refractivity contribution < 1.29 is 23.5 Å². The Bertz CT molecular complexity index is 896. The summed E-state index contributed by atoms with van der Waals surface area (Å²) in [5.41, 5.74) is 0.416. The maximum atomic E-state index is 13.0. The van der Waals surface area contributed by atoms with Crippen molar-refractivity contribution in [2.75, 3.05) is 25.0 Å². The number of hydrogen-bond acceptors (Lipinski definition) is 4. The van der Waals surface area contributed by atoms with Crippen molar-refractivity contribution in [3.05, 3.63) is 64.4 Å². The van der Waals surface area contributed by atoms with Crippen LogP contribution in [0.3, 0.4) is 0 Å². The van der Waals surface area contributed by atoms with E-state index in [4.69, 9.17) is 16.3 Å². The number of carbonyl (C=O) groups excluding carboxylic acids is 3. The highest BCUT2D eigenvalue weighted by Crippen LogP contribution is 2.23. The molecule has 3 rings (SSSR count). The molecule has 146 valence electrons. The largest absolute Gasteiger partial charge is 0.452 e. The van der Waals surface area contributed by atoms with Crippen molar-refractivity contribution in [3.63, 3.8) is 0 Å². The zero-order valence-corrected chi connectivity index (χ0v) is 15.7. The molecule has 1 heterocycles. The van der Waals surface area contributed by atoms with Gasteiger partial charge in [-0.05, 0) is 55.3 Å². The number of nitrogens with one attached hydrogen (secondary N) is 1. The Morgan fingerprint density at radius 2 is 1.75 bits per heavy atom. The molecule has 1 aliphatic heterocycles. The first-order valence-corrected chi connectivity index (χ1v) is 9.13. The Morgan fingerprint density at radius 3 is 2.43 bits per heavy atom. The molecule has 0 spiro atoms. The van der Waals surface area contributed by atoms with Gasteiger partial charge >= 0.3 is 5.97 Å². The predicted molar refractivity (Wildman–Crippen MR) is 102 cm³/mol. The van der Waals surface area contributed by atoms with Crippen LogP contribution in [0.15, 0.2) is 42.5 Å². The van der Waals surface area contributed by atoms with Gasteiger partial charge in [0.25, 0.3) is 11.8 Å². The first kappa shape index (κ1) is 19.8. The second-order valence-electron chi connectivity index (χ2n) is 6.31. The minimum Gasteiger partial charge on any atom is -0.452 e. The van der Waals surface area contributed by atoms with Crippen LogP contribution in [-0.2, 0) is 9.53 Å². The lowest BCUT2D eigenvalue weighted by atomic mass is 10.1. The molecule has 0 aromatic heterocycles. The smallest absolute Gasteiger partial charge is 0.340 e. The Balaban J connectivity index is 1.70. The quantitative estimate of drug-likeness (QED) is 0.774. The van der Waals surface area contributed by atoms with Crippen molar-refractivity contribution in [1.82, 2.24) is 4.90 Å². The first-order chi connectivity index (χ1) is 13.4. The first-order valence-electron chi connectivity index (χ1n) is 8.75. The number of esters is 1. The molecule has 2 aromatic carbocycles. The third kappa shape index (κ3) is 4.86. The van der Waals surface area contributed by atoms with E-state index < -0.39 is 17.7 Å². The lowest BCUT2D eigenvalue weighted by molar-refractivity contribution is -0.133. The van der Waals surface area contributed by atoms with Gasteiger partial charge in [0.2, 0.25) is 0 Å². The molecule has 2 amide bonds. The molecule has 8 heteroatoms. The summed E-state index contributed by atoms with van der Waals surface area (Å²) in [6.45, 7) is 0.958. The molecule has 28 heavy (non-hydrogen) atoms. The number of halogens is 2. The van der Waals surface area contributed by atoms with Crippen LogP contribution in [0.5, 0.6) is 0 Å². The van der Waals surface area contributed by atoms with Crippen molar-refractivity contribution in [2.45, 2.75) is 12.8 Å². The third-order valence-corrected chi connectivity index (χ3v) is 4.58. The highest BCUT2D eigenvalue weighted by Gasteiger charge is 2.21. The highest BCUT2D eigenvalue weighted by atomic mass is 35.5. The minimum atomic E-state index is -0.751. The van der Waals surface area contributed by atoms with Crippen molar-refractivity contribution in [3.8, 4) is 0 Å². The van der Waals surface area contributed by atoms with Gasteiger partial charge in [0.05, 0.1) is 11.3 Å². The summed E-state index contributed by atoms with van der Waals surface area (Å²) >= 11 is 5.97. The monoisotopic (exact) mass is 404 g/mol. The minimum absolute atomic E-state index is 0.0640. The fraction of sp³-hybridized carbons (Fsp3) is 0.250. The van der Waals surface area contributed by atoms with Gasteiger partial charge in [-0.3, -0.25) is 9.59 Å². The van der Waals surface area contributed by atoms with Gasteiger partial charge in [-0.1, -0.05) is 11.6 Å². The molecule has 0 radical (unpaired) electrons. The van der Waals surface area contributed by atoms with Crippen molar-refractivity contribution in [2.24, 2.45) is 0 Å². The maximum Gasteiger partial charge on any atom is 0.340 e. The van der Waals surface area contributed by atoms with E-state index in [1.807, 2.05) is 0 Å². The Labute approximate surface area is 166 Å². The summed E-state index contributed by atoms with van der Waals surface area (Å²) in [5, 5.41) is 2.87. The van der Waals surface area contributed by atoms with Crippen molar-refractivity contribution in [1.29, 1.82) is 0 Å². The van der Waals surface area contributed by atoms with E-state index in [-0.39, 0.29) is 29.3 Å². The van der Waals surface area contributed by atoms with E-state index in [2.05, 4.69) is 5.32 Å². The summed E-state index contributed by atoms with van der Waals surface area (Å²) in [7, 11) is 0. The molecule has 1 saturated heterocycles. The molecule has 2 aromatic rings. The number of ether oxygens (including phenoxy) is 1. The van der Waals surface area contributed by atoms with E-state index in [1.54, 1.807) is 4.90 Å². The fourth-order valence-corrected chi connectivity index (χ4v) is 3.03. The van der Waals surface area contributed by atoms with Gasteiger partial charge in [-0.25, -0.2) is 9.18 Å². The molecular weight excluding hydrogens is 387 g/mol. The van der Waals surface area contributed by atoms with E-state index in [0.717, 1.165) is 25.0 Å². The summed E-state index contributed by atoms with van der Waals surface area (Å²) in [6, 6.07) is 9.25. The van der Waals surface area contributed by atoms with E-state index in [1.165, 1.54) is 30.3 Å². The van der Waals surface area contributed by atoms with Crippen LogP contribution in [0.1, 0.15) is 33.6 Å². The molecular formula is C20H18ClFN2O4. The van der Waals surface area contributed by atoms with Gasteiger partial charge in [-0.15, -0.1) is 0 Å². The van der Waals surface area contributed by atoms with Crippen LogP contribution in [0, 0.1) is 5.82 Å². The standard InChI is InChI=1S/C20H18ClFN2O4/c21-14-5-8-16(20(27)28-12-18(25)24-9-1-2-10-24)17(11-14)23-19(26)13-3-6-15(22)7-4-13/h3-8,11H,1-2,9-10,12H2,(H,23,26). The molecule has 1 aliphatic rings. The molecule has 0 atom stereocenters. The van der Waals surface area contributed by atoms with Crippen molar-refractivity contribution >= 4 is 35.1 Å². The summed E-state index contributed by atoms with van der Waals surface area (Å²) in [6.07, 6.45) is 1.88. The normalized spacial score (nSPS) is 13.3. The second-order valence-corrected chi connectivity index (χ2v) is 6.75. The average Bonchev–Trinajstić information content (AvgIpc) is 3.21. The third-order valence-electron chi connectivity index (χ3n) is 4.34. The number of benzene rings is 2. The molecule has 6 nitrogen and oxygen atoms in total. The SMILES string of the molecule is O=C(Nc1cc(Cl)ccc1C(=O)OCC(=O)N1CCCC1)c1ccc(F)cc1. The second kappa shape index (κ2) is 8.84. The Kier molecular flexibility index (Phi) is 6.26. The number of nitrogens with zero attached hydrogens (tertiary/aromatic N) is 1. The van der Waals surface area contributed by atoms with Gasteiger partial charge in [0.15, 0.2) is 6.61 Å². The van der Waals surface area contributed by atoms with E-state index in [9.17, 15) is 18.8 Å². The topological polar surface area (TPSA) is 75.7 Å². The molecule has 0 unspecified atom stereocenters. The van der Waals surface area contributed by atoms with Crippen LogP contribution in [0.4, 0.5) is 10.1 Å². The summed E-state index contributed by atoms with van der Waals surface area (Å²) < 4.78 is 18.1. The molecule has 1 N–H and O–H groups in total. The lowest BCUT2D eigenvalue weighted by Crippen LogP contribution is -2.32. The van der Waals surface area contributed by atoms with E-state index in [0.29, 0.717) is 18.1 Å². The number of rotatable bonds is 5. The zero-order chi connectivity index (χ0) is 20.1. The Hall–Kier alpha value is -2.93. The number of likely N-dealkylation sites (tertiary alicyclic amines) is 1. The maximum absolute atomic E-state index is 13.0. The van der Waals surface area contributed by atoms with Crippen LogP contribution in [0.25, 0.3) is 0 Å². The number of carbonyl (C=O) groups is 3. The molecule has 1 fully saturated rings. The fourth-order valence-electron chi connectivity index (χ4n) is 2.86. The van der Waals surface area contributed by atoms with Gasteiger partial charge in [0.1, 0.15) is 5.82 Å². The van der Waals surface area contributed by atoms with Crippen LogP contribution in [0.2, 0.25) is 5.02 Å². The van der Waals surface area contributed by atoms with E-state index >= 15 is 0 Å². The number of anilines is 1. The average molecular weight is 405 g/mol. The van der Waals surface area contributed by atoms with Gasteiger partial charge in [-0.2, -0.15) is 0 Å². The number of hydrogen-bond donors (Lipinski definition) is 1. The zero-order valence-electron chi connectivity index (χ0n) is 14.9.